The Morgan fingerprint density at radius 3 is 2.50 bits per heavy atom. The molecule has 90 valence electrons. The summed E-state index contributed by atoms with van der Waals surface area (Å²) in [5.41, 5.74) is 0. The van der Waals surface area contributed by atoms with Crippen molar-refractivity contribution in [1.82, 2.24) is 5.32 Å². The van der Waals surface area contributed by atoms with Crippen LogP contribution in [0, 0.1) is 0 Å². The third kappa shape index (κ3) is 5.05. The Hall–Kier alpha value is -1.19. The molecule has 0 unspecified atom stereocenters. The van der Waals surface area contributed by atoms with Crippen LogP contribution < -0.4 is 14.8 Å². The van der Waals surface area contributed by atoms with Crippen LogP contribution in [0.3, 0.4) is 0 Å². The lowest BCUT2D eigenvalue weighted by Gasteiger charge is -2.07. The van der Waals surface area contributed by atoms with E-state index in [1.807, 2.05) is 43.5 Å². The fourth-order valence-corrected chi connectivity index (χ4v) is 1.15. The Morgan fingerprint density at radius 2 is 1.88 bits per heavy atom. The van der Waals surface area contributed by atoms with Crippen molar-refractivity contribution in [2.75, 3.05) is 27.3 Å². The smallest absolute Gasteiger partial charge is 0.161 e. The van der Waals surface area contributed by atoms with E-state index in [1.54, 1.807) is 7.11 Å². The van der Waals surface area contributed by atoms with Crippen LogP contribution in [-0.4, -0.2) is 27.3 Å². The highest BCUT2D eigenvalue weighted by atomic mass is 35.5. The van der Waals surface area contributed by atoms with E-state index in [4.69, 9.17) is 9.47 Å². The highest BCUT2D eigenvalue weighted by Gasteiger charge is 1.99. The molecule has 0 saturated heterocycles. The molecule has 0 spiro atoms. The van der Waals surface area contributed by atoms with Crippen LogP contribution in [0.25, 0.3) is 0 Å². The van der Waals surface area contributed by atoms with Gasteiger partial charge in [0.05, 0.1) is 7.11 Å². The number of nitrogens with one attached hydrogen (secondary N) is 1. The van der Waals surface area contributed by atoms with Gasteiger partial charge in [0.2, 0.25) is 0 Å². The zero-order chi connectivity index (χ0) is 10.9. The first-order valence-electron chi connectivity index (χ1n) is 4.94. The highest BCUT2D eigenvalue weighted by molar-refractivity contribution is 5.85. The van der Waals surface area contributed by atoms with E-state index < -0.39 is 0 Å². The van der Waals surface area contributed by atoms with Crippen molar-refractivity contribution in [3.8, 4) is 11.5 Å². The summed E-state index contributed by atoms with van der Waals surface area (Å²) in [5.74, 6) is 1.54. The van der Waals surface area contributed by atoms with Crippen LogP contribution in [0.4, 0.5) is 0 Å². The summed E-state index contributed by atoms with van der Waals surface area (Å²) in [4.78, 5) is 0. The molecule has 0 fully saturated rings. The average molecular weight is 244 g/mol. The largest absolute Gasteiger partial charge is 0.493 e. The number of likely N-dealkylation sites (N-methyl/N-ethyl adjacent to an activating group) is 1. The molecule has 1 rings (SSSR count). The first-order valence-corrected chi connectivity index (χ1v) is 4.94. The number of benzene rings is 1. The Morgan fingerprint density at radius 1 is 1.19 bits per heavy atom. The minimum absolute atomic E-state index is 0. The van der Waals surface area contributed by atoms with Gasteiger partial charge in [-0.15, -0.1) is 12.4 Å². The average Bonchev–Trinajstić information content (AvgIpc) is 2.29. The number of hydrogen-bond donors (Lipinski definition) is 1. The topological polar surface area (TPSA) is 30.5 Å². The second-order valence-electron chi connectivity index (χ2n) is 2.99. The second kappa shape index (κ2) is 9.07. The van der Waals surface area contributed by atoms with Crippen molar-refractivity contribution in [2.45, 2.75) is 0 Å². The van der Waals surface area contributed by atoms with Crippen molar-refractivity contribution in [2.24, 2.45) is 0 Å². The third-order valence-electron chi connectivity index (χ3n) is 1.89. The van der Waals surface area contributed by atoms with Crippen LogP contribution in [0.2, 0.25) is 0 Å². The Labute approximate surface area is 103 Å². The predicted octanol–water partition coefficient (Wildman–Crippen LogP) is 2.27. The van der Waals surface area contributed by atoms with E-state index in [0.29, 0.717) is 6.61 Å². The summed E-state index contributed by atoms with van der Waals surface area (Å²) in [5, 5.41) is 3.02. The Kier molecular flexibility index (Phi) is 8.39. The van der Waals surface area contributed by atoms with Gasteiger partial charge < -0.3 is 14.8 Å². The maximum Gasteiger partial charge on any atom is 0.161 e. The molecule has 0 saturated carbocycles. The van der Waals surface area contributed by atoms with Crippen molar-refractivity contribution in [3.05, 3.63) is 36.4 Å². The fourth-order valence-electron chi connectivity index (χ4n) is 1.15. The molecule has 0 bridgehead atoms. The number of rotatable bonds is 6. The fraction of sp³-hybridized carbons (Fsp3) is 0.333. The molecule has 1 aromatic rings. The Bertz CT molecular complexity index is 316. The number of para-hydroxylation sites is 2. The number of halogens is 1. The van der Waals surface area contributed by atoms with E-state index in [2.05, 4.69) is 5.32 Å². The van der Waals surface area contributed by atoms with Gasteiger partial charge in [-0.05, 0) is 19.2 Å². The van der Waals surface area contributed by atoms with Gasteiger partial charge in [0.15, 0.2) is 11.5 Å². The molecular weight excluding hydrogens is 226 g/mol. The van der Waals surface area contributed by atoms with Crippen LogP contribution >= 0.6 is 12.4 Å². The van der Waals surface area contributed by atoms with E-state index in [1.165, 1.54) is 0 Å². The summed E-state index contributed by atoms with van der Waals surface area (Å²) in [7, 11) is 3.55. The summed E-state index contributed by atoms with van der Waals surface area (Å²) in [6.45, 7) is 1.41. The summed E-state index contributed by atoms with van der Waals surface area (Å²) in [6, 6.07) is 7.62. The molecule has 1 N–H and O–H groups in total. The van der Waals surface area contributed by atoms with Crippen molar-refractivity contribution in [3.63, 3.8) is 0 Å². The van der Waals surface area contributed by atoms with Crippen molar-refractivity contribution < 1.29 is 9.47 Å². The highest BCUT2D eigenvalue weighted by Crippen LogP contribution is 2.25. The molecule has 0 amide bonds. The molecule has 0 aromatic heterocycles. The van der Waals surface area contributed by atoms with Gasteiger partial charge in [-0.2, -0.15) is 0 Å². The lowest BCUT2D eigenvalue weighted by molar-refractivity contribution is 0.326. The number of ether oxygens (including phenoxy) is 2. The van der Waals surface area contributed by atoms with Gasteiger partial charge in [0, 0.05) is 6.54 Å². The molecule has 1 aromatic carbocycles. The second-order valence-corrected chi connectivity index (χ2v) is 2.99. The maximum atomic E-state index is 5.54. The molecular formula is C12H18ClNO2. The van der Waals surface area contributed by atoms with Gasteiger partial charge in [0.25, 0.3) is 0 Å². The van der Waals surface area contributed by atoms with Crippen LogP contribution in [0.5, 0.6) is 11.5 Å². The predicted molar refractivity (Wildman–Crippen MR) is 68.8 cm³/mol. The summed E-state index contributed by atoms with van der Waals surface area (Å²) < 4.78 is 10.7. The Balaban J connectivity index is 0.00000225. The lowest BCUT2D eigenvalue weighted by Crippen LogP contribution is -2.04. The molecule has 3 nitrogen and oxygen atoms in total. The molecule has 0 aliphatic carbocycles. The quantitative estimate of drug-likeness (QED) is 0.778. The van der Waals surface area contributed by atoms with Gasteiger partial charge >= 0.3 is 0 Å². The van der Waals surface area contributed by atoms with Gasteiger partial charge in [-0.25, -0.2) is 0 Å². The first-order chi connectivity index (χ1) is 7.38. The van der Waals surface area contributed by atoms with E-state index in [0.717, 1.165) is 18.0 Å². The van der Waals surface area contributed by atoms with Crippen LogP contribution in [0.1, 0.15) is 0 Å². The number of hydrogen-bond acceptors (Lipinski definition) is 3. The SMILES string of the molecule is CNC/C=C/COc1ccccc1OC.Cl. The first kappa shape index (κ1) is 14.8. The maximum absolute atomic E-state index is 5.54. The van der Waals surface area contributed by atoms with E-state index in [-0.39, 0.29) is 12.4 Å². The van der Waals surface area contributed by atoms with Crippen molar-refractivity contribution in [1.29, 1.82) is 0 Å². The van der Waals surface area contributed by atoms with E-state index in [9.17, 15) is 0 Å². The standard InChI is InChI=1S/C12H17NO2.ClH/c1-13-9-5-6-10-15-12-8-4-3-7-11(12)14-2;/h3-8,13H,9-10H2,1-2H3;1H/b6-5+;. The molecule has 0 aliphatic heterocycles. The van der Waals surface area contributed by atoms with E-state index >= 15 is 0 Å². The zero-order valence-corrected chi connectivity index (χ0v) is 10.4. The normalized spacial score (nSPS) is 9.88. The van der Waals surface area contributed by atoms with Gasteiger partial charge in [-0.3, -0.25) is 0 Å². The van der Waals surface area contributed by atoms with Crippen molar-refractivity contribution >= 4 is 12.4 Å². The third-order valence-corrected chi connectivity index (χ3v) is 1.89. The molecule has 0 radical (unpaired) electrons. The summed E-state index contributed by atoms with van der Waals surface area (Å²) >= 11 is 0. The monoisotopic (exact) mass is 243 g/mol. The number of methoxy groups -OCH3 is 1. The van der Waals surface area contributed by atoms with Gasteiger partial charge in [0.1, 0.15) is 6.61 Å². The molecule has 0 heterocycles. The molecule has 4 heteroatoms. The van der Waals surface area contributed by atoms with Gasteiger partial charge in [-0.1, -0.05) is 24.3 Å². The van der Waals surface area contributed by atoms with Crippen LogP contribution in [-0.2, 0) is 0 Å². The molecule has 16 heavy (non-hydrogen) atoms. The minimum Gasteiger partial charge on any atom is -0.493 e. The molecule has 0 atom stereocenters. The van der Waals surface area contributed by atoms with Crippen LogP contribution in [0.15, 0.2) is 36.4 Å². The zero-order valence-electron chi connectivity index (χ0n) is 9.60. The minimum atomic E-state index is 0. The lowest BCUT2D eigenvalue weighted by atomic mass is 10.3. The molecule has 0 aliphatic rings. The summed E-state index contributed by atoms with van der Waals surface area (Å²) in [6.07, 6.45) is 4.00.